The van der Waals surface area contributed by atoms with Crippen LogP contribution in [0.1, 0.15) is 29.4 Å². The number of rotatable bonds is 7. The van der Waals surface area contributed by atoms with Crippen LogP contribution >= 0.6 is 11.8 Å². The molecule has 162 valence electrons. The smallest absolute Gasteiger partial charge is 0.268 e. The third kappa shape index (κ3) is 4.68. The zero-order valence-electron chi connectivity index (χ0n) is 17.8. The predicted octanol–water partition coefficient (Wildman–Crippen LogP) is 4.76. The summed E-state index contributed by atoms with van der Waals surface area (Å²) in [4.78, 5) is 39.6. The lowest BCUT2D eigenvalue weighted by Gasteiger charge is -2.15. The van der Waals surface area contributed by atoms with Crippen LogP contribution in [0, 0.1) is 6.92 Å². The summed E-state index contributed by atoms with van der Waals surface area (Å²) in [5, 5.41) is 2.71. The second kappa shape index (κ2) is 9.28. The maximum atomic E-state index is 13.4. The zero-order chi connectivity index (χ0) is 22.7. The van der Waals surface area contributed by atoms with Gasteiger partial charge in [-0.25, -0.2) is 0 Å². The number of hydrogen-bond acceptors (Lipinski definition) is 5. The van der Waals surface area contributed by atoms with Gasteiger partial charge in [0.05, 0.1) is 29.0 Å². The van der Waals surface area contributed by atoms with E-state index in [2.05, 4.69) is 5.32 Å². The molecule has 0 spiro atoms. The van der Waals surface area contributed by atoms with Crippen LogP contribution in [0.3, 0.4) is 0 Å². The van der Waals surface area contributed by atoms with E-state index >= 15 is 0 Å². The molecular weight excluding hydrogens is 424 g/mol. The van der Waals surface area contributed by atoms with E-state index in [1.54, 1.807) is 36.6 Å². The number of aryl methyl sites for hydroxylation is 1. The number of furan rings is 1. The van der Waals surface area contributed by atoms with Crippen LogP contribution in [0.25, 0.3) is 5.57 Å². The van der Waals surface area contributed by atoms with Crippen LogP contribution in [-0.4, -0.2) is 22.6 Å². The molecule has 1 aliphatic rings. The Bertz CT molecular complexity index is 1180. The molecule has 1 aliphatic heterocycles. The van der Waals surface area contributed by atoms with Crippen molar-refractivity contribution < 1.29 is 18.8 Å². The molecule has 7 heteroatoms. The molecule has 3 aromatic rings. The molecule has 0 saturated carbocycles. The van der Waals surface area contributed by atoms with Gasteiger partial charge in [-0.2, -0.15) is 0 Å². The molecule has 0 saturated heterocycles. The van der Waals surface area contributed by atoms with Gasteiger partial charge < -0.3 is 9.73 Å². The molecule has 0 aliphatic carbocycles. The predicted molar refractivity (Wildman–Crippen MR) is 124 cm³/mol. The van der Waals surface area contributed by atoms with Crippen LogP contribution in [-0.2, 0) is 26.7 Å². The fourth-order valence-corrected chi connectivity index (χ4v) is 4.46. The topological polar surface area (TPSA) is 79.6 Å². The maximum absolute atomic E-state index is 13.4. The molecule has 0 atom stereocenters. The van der Waals surface area contributed by atoms with Gasteiger partial charge in [-0.05, 0) is 42.3 Å². The second-order valence-electron chi connectivity index (χ2n) is 7.51. The summed E-state index contributed by atoms with van der Waals surface area (Å²) < 4.78 is 5.39. The van der Waals surface area contributed by atoms with Gasteiger partial charge in [0.1, 0.15) is 5.76 Å². The monoisotopic (exact) mass is 446 g/mol. The van der Waals surface area contributed by atoms with E-state index < -0.39 is 0 Å². The highest BCUT2D eigenvalue weighted by atomic mass is 32.2. The first kappa shape index (κ1) is 21.6. The molecule has 2 aromatic carbocycles. The first-order chi connectivity index (χ1) is 15.4. The average molecular weight is 447 g/mol. The van der Waals surface area contributed by atoms with Crippen molar-refractivity contribution >= 4 is 40.7 Å². The average Bonchev–Trinajstić information content (AvgIpc) is 3.36. The van der Waals surface area contributed by atoms with E-state index in [1.165, 1.54) is 23.6 Å². The van der Waals surface area contributed by atoms with E-state index in [4.69, 9.17) is 4.42 Å². The summed E-state index contributed by atoms with van der Waals surface area (Å²) in [5.74, 6) is 0.341. The summed E-state index contributed by atoms with van der Waals surface area (Å²) in [5.41, 5.74) is 3.62. The summed E-state index contributed by atoms with van der Waals surface area (Å²) in [6.07, 6.45) is 1.58. The van der Waals surface area contributed by atoms with Gasteiger partial charge >= 0.3 is 0 Å². The van der Waals surface area contributed by atoms with E-state index in [0.29, 0.717) is 27.5 Å². The van der Waals surface area contributed by atoms with Crippen LogP contribution < -0.4 is 5.32 Å². The van der Waals surface area contributed by atoms with Crippen molar-refractivity contribution in [1.29, 1.82) is 0 Å². The van der Waals surface area contributed by atoms with Gasteiger partial charge in [0, 0.05) is 12.6 Å². The Morgan fingerprint density at radius 2 is 1.72 bits per heavy atom. The molecule has 1 aromatic heterocycles. The Morgan fingerprint density at radius 3 is 2.34 bits per heavy atom. The SMILES string of the molecule is CC(=O)Nc1ccc(C2=C(SCc3ccco3)C(=O)N(Cc3ccc(C)cc3)C2=O)cc1. The van der Waals surface area contributed by atoms with Gasteiger partial charge in [-0.15, -0.1) is 11.8 Å². The molecule has 3 amide bonds. The third-order valence-electron chi connectivity index (χ3n) is 5.02. The summed E-state index contributed by atoms with van der Waals surface area (Å²) >= 11 is 1.29. The van der Waals surface area contributed by atoms with Gasteiger partial charge in [0.25, 0.3) is 11.8 Å². The molecule has 2 heterocycles. The van der Waals surface area contributed by atoms with E-state index in [9.17, 15) is 14.4 Å². The molecule has 0 fully saturated rings. The van der Waals surface area contributed by atoms with Crippen molar-refractivity contribution in [2.24, 2.45) is 0 Å². The minimum absolute atomic E-state index is 0.178. The normalized spacial score (nSPS) is 13.8. The lowest BCUT2D eigenvalue weighted by Crippen LogP contribution is -2.30. The Balaban J connectivity index is 1.65. The Labute approximate surface area is 190 Å². The Morgan fingerprint density at radius 1 is 1.00 bits per heavy atom. The lowest BCUT2D eigenvalue weighted by molar-refractivity contribution is -0.137. The van der Waals surface area contributed by atoms with Crippen LogP contribution in [0.15, 0.2) is 76.2 Å². The fourth-order valence-electron chi connectivity index (χ4n) is 3.42. The highest BCUT2D eigenvalue weighted by Crippen LogP contribution is 2.38. The van der Waals surface area contributed by atoms with Crippen LogP contribution in [0.5, 0.6) is 0 Å². The Hall–Kier alpha value is -3.58. The molecule has 1 N–H and O–H groups in total. The Kier molecular flexibility index (Phi) is 6.28. The minimum Gasteiger partial charge on any atom is -0.468 e. The maximum Gasteiger partial charge on any atom is 0.268 e. The summed E-state index contributed by atoms with van der Waals surface area (Å²) in [6.45, 7) is 3.63. The number of imide groups is 1. The quantitative estimate of drug-likeness (QED) is 0.530. The molecule has 0 bridgehead atoms. The first-order valence-electron chi connectivity index (χ1n) is 10.1. The van der Waals surface area contributed by atoms with Gasteiger partial charge in [0.2, 0.25) is 5.91 Å². The van der Waals surface area contributed by atoms with Gasteiger partial charge in [0.15, 0.2) is 0 Å². The number of benzene rings is 2. The third-order valence-corrected chi connectivity index (χ3v) is 6.12. The van der Waals surface area contributed by atoms with E-state index in [0.717, 1.165) is 16.9 Å². The minimum atomic E-state index is -0.329. The number of carbonyl (C=O) groups excluding carboxylic acids is 3. The summed E-state index contributed by atoms with van der Waals surface area (Å²) in [7, 11) is 0. The lowest BCUT2D eigenvalue weighted by atomic mass is 10.1. The second-order valence-corrected chi connectivity index (χ2v) is 8.50. The largest absolute Gasteiger partial charge is 0.468 e. The first-order valence-corrected chi connectivity index (χ1v) is 11.1. The van der Waals surface area contributed by atoms with Crippen LogP contribution in [0.4, 0.5) is 5.69 Å². The zero-order valence-corrected chi connectivity index (χ0v) is 18.6. The number of nitrogens with zero attached hydrogens (tertiary/aromatic N) is 1. The molecule has 6 nitrogen and oxygen atoms in total. The van der Waals surface area contributed by atoms with Crippen molar-refractivity contribution in [2.75, 3.05) is 5.32 Å². The number of thioether (sulfide) groups is 1. The molecule has 32 heavy (non-hydrogen) atoms. The molecular formula is C25H22N2O4S. The number of carbonyl (C=O) groups is 3. The highest BCUT2D eigenvalue weighted by molar-refractivity contribution is 8.03. The van der Waals surface area contributed by atoms with Crippen molar-refractivity contribution in [2.45, 2.75) is 26.1 Å². The highest BCUT2D eigenvalue weighted by Gasteiger charge is 2.39. The number of anilines is 1. The molecule has 0 radical (unpaired) electrons. The van der Waals surface area contributed by atoms with Gasteiger partial charge in [-0.3, -0.25) is 19.3 Å². The van der Waals surface area contributed by atoms with Crippen molar-refractivity contribution in [3.63, 3.8) is 0 Å². The molecule has 4 rings (SSSR count). The van der Waals surface area contributed by atoms with Crippen LogP contribution in [0.2, 0.25) is 0 Å². The van der Waals surface area contributed by atoms with E-state index in [-0.39, 0.29) is 24.3 Å². The van der Waals surface area contributed by atoms with Crippen molar-refractivity contribution in [1.82, 2.24) is 4.90 Å². The van der Waals surface area contributed by atoms with Crippen molar-refractivity contribution in [3.05, 3.63) is 94.3 Å². The van der Waals surface area contributed by atoms with E-state index in [1.807, 2.05) is 37.3 Å². The number of nitrogens with one attached hydrogen (secondary N) is 1. The standard InChI is InChI=1S/C25H22N2O4S/c1-16-5-7-18(8-6-16)14-27-24(29)22(19-9-11-20(12-10-19)26-17(2)28)23(25(27)30)32-15-21-4-3-13-31-21/h3-13H,14-15H2,1-2H3,(H,26,28). The number of hydrogen-bond donors (Lipinski definition) is 1. The number of amides is 3. The molecule has 0 unspecified atom stereocenters. The summed E-state index contributed by atoms with van der Waals surface area (Å²) in [6, 6.07) is 18.3. The van der Waals surface area contributed by atoms with Gasteiger partial charge in [-0.1, -0.05) is 42.0 Å². The fraction of sp³-hybridized carbons (Fsp3) is 0.160. The van der Waals surface area contributed by atoms with Crippen molar-refractivity contribution in [3.8, 4) is 0 Å².